The Bertz CT molecular complexity index is 552. The molecule has 1 N–H and O–H groups in total. The lowest BCUT2D eigenvalue weighted by Crippen LogP contribution is -2.27. The van der Waals surface area contributed by atoms with Crippen LogP contribution in [0.15, 0.2) is 54.6 Å². The highest BCUT2D eigenvalue weighted by Crippen LogP contribution is 2.23. The van der Waals surface area contributed by atoms with Gasteiger partial charge in [-0.15, -0.1) is 0 Å². The second kappa shape index (κ2) is 7.94. The minimum absolute atomic E-state index is 0.0326. The van der Waals surface area contributed by atoms with Gasteiger partial charge in [-0.1, -0.05) is 25.1 Å². The van der Waals surface area contributed by atoms with Crippen molar-refractivity contribution >= 4 is 5.91 Å². The summed E-state index contributed by atoms with van der Waals surface area (Å²) in [6, 6.07) is 17.0. The van der Waals surface area contributed by atoms with Crippen molar-refractivity contribution in [3.05, 3.63) is 54.6 Å². The summed E-state index contributed by atoms with van der Waals surface area (Å²) in [7, 11) is 0. The van der Waals surface area contributed by atoms with E-state index < -0.39 is 0 Å². The van der Waals surface area contributed by atoms with E-state index in [9.17, 15) is 4.79 Å². The van der Waals surface area contributed by atoms with Gasteiger partial charge in [-0.2, -0.15) is 0 Å². The number of rotatable bonds is 7. The minimum Gasteiger partial charge on any atom is -0.492 e. The molecule has 0 saturated carbocycles. The molecular weight excluding hydrogens is 266 g/mol. The molecule has 0 aliphatic heterocycles. The first-order chi connectivity index (χ1) is 10.3. The van der Waals surface area contributed by atoms with Gasteiger partial charge >= 0.3 is 0 Å². The number of para-hydroxylation sites is 1. The SMILES string of the molecule is CCC(=O)NCCOc1ccc(Oc2ccccc2)cc1. The molecule has 0 atom stereocenters. The van der Waals surface area contributed by atoms with E-state index in [1.54, 1.807) is 0 Å². The third-order valence-electron chi connectivity index (χ3n) is 2.82. The fourth-order valence-corrected chi connectivity index (χ4v) is 1.71. The molecular formula is C17H19NO3. The topological polar surface area (TPSA) is 47.6 Å². The normalized spacial score (nSPS) is 9.95. The van der Waals surface area contributed by atoms with Crippen LogP contribution in [0.2, 0.25) is 0 Å². The lowest BCUT2D eigenvalue weighted by Gasteiger charge is -2.09. The summed E-state index contributed by atoms with van der Waals surface area (Å²) in [4.78, 5) is 11.1. The van der Waals surface area contributed by atoms with Gasteiger partial charge in [0.2, 0.25) is 5.91 Å². The second-order valence-electron chi connectivity index (χ2n) is 4.44. The molecule has 2 rings (SSSR count). The largest absolute Gasteiger partial charge is 0.492 e. The molecule has 0 aromatic heterocycles. The van der Waals surface area contributed by atoms with Gasteiger partial charge in [-0.3, -0.25) is 4.79 Å². The van der Waals surface area contributed by atoms with Crippen LogP contribution in [0.5, 0.6) is 17.2 Å². The maximum atomic E-state index is 11.1. The first-order valence-electron chi connectivity index (χ1n) is 7.00. The van der Waals surface area contributed by atoms with Crippen LogP contribution in [0.4, 0.5) is 0 Å². The van der Waals surface area contributed by atoms with Crippen molar-refractivity contribution in [2.24, 2.45) is 0 Å². The Labute approximate surface area is 124 Å². The Morgan fingerprint density at radius 2 is 1.57 bits per heavy atom. The van der Waals surface area contributed by atoms with E-state index in [2.05, 4.69) is 5.32 Å². The molecule has 1 amide bonds. The molecule has 21 heavy (non-hydrogen) atoms. The Balaban J connectivity index is 1.78. The Hall–Kier alpha value is -2.49. The molecule has 0 spiro atoms. The van der Waals surface area contributed by atoms with Crippen LogP contribution in [-0.2, 0) is 4.79 Å². The Kier molecular flexibility index (Phi) is 5.64. The van der Waals surface area contributed by atoms with Crippen LogP contribution < -0.4 is 14.8 Å². The highest BCUT2D eigenvalue weighted by Gasteiger charge is 1.99. The van der Waals surface area contributed by atoms with Crippen molar-refractivity contribution in [3.63, 3.8) is 0 Å². The quantitative estimate of drug-likeness (QED) is 0.793. The summed E-state index contributed by atoms with van der Waals surface area (Å²) in [6.07, 6.45) is 0.492. The third kappa shape index (κ3) is 5.18. The number of carbonyl (C=O) groups excluding carboxylic acids is 1. The third-order valence-corrected chi connectivity index (χ3v) is 2.82. The van der Waals surface area contributed by atoms with E-state index in [1.165, 1.54) is 0 Å². The molecule has 110 valence electrons. The van der Waals surface area contributed by atoms with Gasteiger partial charge in [0.25, 0.3) is 0 Å². The maximum absolute atomic E-state index is 11.1. The highest BCUT2D eigenvalue weighted by molar-refractivity contribution is 5.75. The number of carbonyl (C=O) groups is 1. The molecule has 4 nitrogen and oxygen atoms in total. The Morgan fingerprint density at radius 3 is 2.24 bits per heavy atom. The van der Waals surface area contributed by atoms with Crippen LogP contribution in [0.25, 0.3) is 0 Å². The van der Waals surface area contributed by atoms with Crippen molar-refractivity contribution in [1.29, 1.82) is 0 Å². The van der Waals surface area contributed by atoms with Gasteiger partial charge in [0.1, 0.15) is 23.9 Å². The number of ether oxygens (including phenoxy) is 2. The summed E-state index contributed by atoms with van der Waals surface area (Å²) < 4.78 is 11.2. The molecule has 0 fully saturated rings. The average molecular weight is 285 g/mol. The van der Waals surface area contributed by atoms with Crippen molar-refractivity contribution in [1.82, 2.24) is 5.32 Å². The standard InChI is InChI=1S/C17H19NO3/c1-2-17(19)18-12-13-20-14-8-10-16(11-9-14)21-15-6-4-3-5-7-15/h3-11H,2,12-13H2,1H3,(H,18,19). The van der Waals surface area contributed by atoms with Crippen molar-refractivity contribution < 1.29 is 14.3 Å². The van der Waals surface area contributed by atoms with Crippen molar-refractivity contribution in [2.75, 3.05) is 13.2 Å². The van der Waals surface area contributed by atoms with Crippen LogP contribution >= 0.6 is 0 Å². The number of hydrogen-bond donors (Lipinski definition) is 1. The molecule has 4 heteroatoms. The van der Waals surface area contributed by atoms with Crippen LogP contribution in [0.1, 0.15) is 13.3 Å². The van der Waals surface area contributed by atoms with Gasteiger partial charge in [-0.25, -0.2) is 0 Å². The van der Waals surface area contributed by atoms with E-state index >= 15 is 0 Å². The predicted molar refractivity (Wildman–Crippen MR) is 81.8 cm³/mol. The zero-order valence-corrected chi connectivity index (χ0v) is 12.0. The molecule has 0 saturated heterocycles. The average Bonchev–Trinajstić information content (AvgIpc) is 2.54. The van der Waals surface area contributed by atoms with Gasteiger partial charge in [-0.05, 0) is 36.4 Å². The van der Waals surface area contributed by atoms with E-state index in [4.69, 9.17) is 9.47 Å². The first-order valence-corrected chi connectivity index (χ1v) is 7.00. The monoisotopic (exact) mass is 285 g/mol. The molecule has 0 heterocycles. The molecule has 0 bridgehead atoms. The van der Waals surface area contributed by atoms with E-state index in [1.807, 2.05) is 61.5 Å². The van der Waals surface area contributed by atoms with E-state index in [-0.39, 0.29) is 5.91 Å². The molecule has 0 aliphatic rings. The molecule has 0 aliphatic carbocycles. The maximum Gasteiger partial charge on any atom is 0.219 e. The number of nitrogens with one attached hydrogen (secondary N) is 1. The van der Waals surface area contributed by atoms with Crippen molar-refractivity contribution in [3.8, 4) is 17.2 Å². The van der Waals surface area contributed by atoms with Crippen molar-refractivity contribution in [2.45, 2.75) is 13.3 Å². The predicted octanol–water partition coefficient (Wildman–Crippen LogP) is 3.38. The van der Waals surface area contributed by atoms with Gasteiger partial charge in [0.05, 0.1) is 6.54 Å². The van der Waals surface area contributed by atoms with Crippen LogP contribution in [0, 0.1) is 0 Å². The zero-order valence-electron chi connectivity index (χ0n) is 12.0. The highest BCUT2D eigenvalue weighted by atomic mass is 16.5. The van der Waals surface area contributed by atoms with E-state index in [0.29, 0.717) is 19.6 Å². The summed E-state index contributed by atoms with van der Waals surface area (Å²) >= 11 is 0. The summed E-state index contributed by atoms with van der Waals surface area (Å²) in [5, 5.41) is 2.76. The molecule has 2 aromatic carbocycles. The number of hydrogen-bond acceptors (Lipinski definition) is 3. The molecule has 0 radical (unpaired) electrons. The van der Waals surface area contributed by atoms with E-state index in [0.717, 1.165) is 17.2 Å². The number of benzene rings is 2. The fourth-order valence-electron chi connectivity index (χ4n) is 1.71. The summed E-state index contributed by atoms with van der Waals surface area (Å²) in [6.45, 7) is 2.78. The molecule has 2 aromatic rings. The number of amides is 1. The summed E-state index contributed by atoms with van der Waals surface area (Å²) in [5.41, 5.74) is 0. The second-order valence-corrected chi connectivity index (χ2v) is 4.44. The van der Waals surface area contributed by atoms with Crippen LogP contribution in [-0.4, -0.2) is 19.1 Å². The van der Waals surface area contributed by atoms with Gasteiger partial charge in [0, 0.05) is 6.42 Å². The van der Waals surface area contributed by atoms with Crippen LogP contribution in [0.3, 0.4) is 0 Å². The Morgan fingerprint density at radius 1 is 0.952 bits per heavy atom. The lowest BCUT2D eigenvalue weighted by atomic mass is 10.3. The fraction of sp³-hybridized carbons (Fsp3) is 0.235. The first kappa shape index (κ1) is 14.9. The molecule has 0 unspecified atom stereocenters. The summed E-state index contributed by atoms with van der Waals surface area (Å²) in [5.74, 6) is 2.34. The van der Waals surface area contributed by atoms with Gasteiger partial charge < -0.3 is 14.8 Å². The lowest BCUT2D eigenvalue weighted by molar-refractivity contribution is -0.120. The zero-order chi connectivity index (χ0) is 14.9. The smallest absolute Gasteiger partial charge is 0.219 e. The minimum atomic E-state index is 0.0326. The van der Waals surface area contributed by atoms with Gasteiger partial charge in [0.15, 0.2) is 0 Å².